The van der Waals surface area contributed by atoms with Gasteiger partial charge in [0.15, 0.2) is 0 Å². The molecule has 4 bridgehead atoms. The lowest BCUT2D eigenvalue weighted by atomic mass is 9.82. The molecule has 4 aromatic rings. The van der Waals surface area contributed by atoms with Crippen molar-refractivity contribution in [2.75, 3.05) is 23.3 Å². The molecule has 12 heteroatoms. The predicted octanol–water partition coefficient (Wildman–Crippen LogP) is 8.16. The second-order valence-electron chi connectivity index (χ2n) is 16.5. The maximum Gasteiger partial charge on any atom is 0.264 e. The number of amides is 1. The monoisotopic (exact) mass is 753 g/mol. The third-order valence-corrected chi connectivity index (χ3v) is 12.0. The average molecular weight is 754 g/mol. The van der Waals surface area contributed by atoms with Crippen LogP contribution < -0.4 is 14.4 Å². The fraction of sp³-hybridized carbons (Fsp3) is 0.500. The fourth-order valence-electron chi connectivity index (χ4n) is 7.59. The van der Waals surface area contributed by atoms with Gasteiger partial charge in [-0.2, -0.15) is 4.98 Å². The van der Waals surface area contributed by atoms with Crippen LogP contribution in [0.4, 0.5) is 11.8 Å². The molecule has 3 heterocycles. The second kappa shape index (κ2) is 16.0. The minimum absolute atomic E-state index is 0.0706. The van der Waals surface area contributed by atoms with E-state index in [4.69, 9.17) is 14.7 Å². The number of hydrogen-bond acceptors (Lipinski definition) is 9. The predicted molar refractivity (Wildman–Crippen MR) is 213 cm³/mol. The molecule has 1 atom stereocenters. The molecule has 11 nitrogen and oxygen atoms in total. The molecule has 0 spiro atoms. The van der Waals surface area contributed by atoms with Crippen molar-refractivity contribution in [3.8, 4) is 17.1 Å². The zero-order valence-electron chi connectivity index (χ0n) is 33.0. The van der Waals surface area contributed by atoms with E-state index >= 15 is 0 Å². The molecule has 2 aromatic carbocycles. The summed E-state index contributed by atoms with van der Waals surface area (Å²) in [5.74, 6) is 1.62. The first-order valence-corrected chi connectivity index (χ1v) is 20.7. The summed E-state index contributed by atoms with van der Waals surface area (Å²) >= 11 is 0. The van der Waals surface area contributed by atoms with Crippen LogP contribution in [0.25, 0.3) is 11.3 Å². The average Bonchev–Trinajstić information content (AvgIpc) is 3.13. The summed E-state index contributed by atoms with van der Waals surface area (Å²) < 4.78 is 37.3. The van der Waals surface area contributed by atoms with Crippen molar-refractivity contribution in [1.82, 2.24) is 24.8 Å². The largest absolute Gasteiger partial charge is 0.475 e. The minimum Gasteiger partial charge on any atom is -0.475 e. The molecule has 6 rings (SSSR count). The van der Waals surface area contributed by atoms with Gasteiger partial charge in [-0.15, -0.1) is 0 Å². The number of hydrogen-bond donors (Lipinski definition) is 1. The molecule has 0 unspecified atom stereocenters. The van der Waals surface area contributed by atoms with Gasteiger partial charge in [0.1, 0.15) is 18.2 Å². The Bertz CT molecular complexity index is 2090. The highest BCUT2D eigenvalue weighted by Crippen LogP contribution is 2.37. The van der Waals surface area contributed by atoms with Crippen LogP contribution in [0.15, 0.2) is 59.6 Å². The Morgan fingerprint density at radius 1 is 1.00 bits per heavy atom. The highest BCUT2D eigenvalue weighted by molar-refractivity contribution is 7.92. The molecule has 1 aliphatic carbocycles. The summed E-state index contributed by atoms with van der Waals surface area (Å²) in [4.78, 5) is 37.3. The number of aromatic nitrogens is 4. The highest BCUT2D eigenvalue weighted by Gasteiger charge is 2.33. The number of nitrogens with one attached hydrogen (secondary N) is 1. The minimum atomic E-state index is -4.21. The smallest absolute Gasteiger partial charge is 0.264 e. The quantitative estimate of drug-likeness (QED) is 0.189. The van der Waals surface area contributed by atoms with Crippen LogP contribution in [0.5, 0.6) is 5.88 Å². The van der Waals surface area contributed by atoms with E-state index in [1.807, 2.05) is 24.9 Å². The van der Waals surface area contributed by atoms with E-state index < -0.39 is 16.1 Å². The van der Waals surface area contributed by atoms with E-state index in [1.165, 1.54) is 49.8 Å². The van der Waals surface area contributed by atoms with Crippen LogP contribution in [0.2, 0.25) is 0 Å². The third kappa shape index (κ3) is 9.02. The van der Waals surface area contributed by atoms with Gasteiger partial charge in [-0.05, 0) is 87.3 Å². The van der Waals surface area contributed by atoms with Gasteiger partial charge in [0.25, 0.3) is 15.9 Å². The van der Waals surface area contributed by atoms with Crippen LogP contribution in [-0.2, 0) is 23.0 Å². The maximum atomic E-state index is 14.6. The molecular formula is C42H55N7O4S. The lowest BCUT2D eigenvalue weighted by Crippen LogP contribution is -2.45. The Labute approximate surface area is 321 Å². The normalized spacial score (nSPS) is 17.9. The van der Waals surface area contributed by atoms with Gasteiger partial charge < -0.3 is 14.5 Å². The van der Waals surface area contributed by atoms with Gasteiger partial charge in [-0.1, -0.05) is 77.1 Å². The highest BCUT2D eigenvalue weighted by atomic mass is 32.2. The molecule has 1 aliphatic heterocycles. The molecule has 0 radical (unpaired) electrons. The lowest BCUT2D eigenvalue weighted by Gasteiger charge is -2.35. The number of sulfonamides is 1. The van der Waals surface area contributed by atoms with Crippen molar-refractivity contribution in [3.05, 3.63) is 82.8 Å². The molecule has 2 aromatic heterocycles. The standard InChI is InChI=1S/C42H55N7O4S/c1-27(2)48(8)36-20-21-43-35(44-36)25-49-33(24-42(5,6)7)26-53-39-29(4)38(37-28(3)14-12-17-31(37)22-30-15-10-9-11-16-30)45-41(46-39)47-54(51,52)34-19-13-18-32(23-34)40(49)50/h12-14,17-21,23,27,30,33H,9-11,15-16,22,24-26H2,1-8H3,(H,45,46,47)/t33-/m1/s1. The van der Waals surface area contributed by atoms with Crippen molar-refractivity contribution in [2.45, 2.75) is 117 Å². The Morgan fingerprint density at radius 3 is 2.46 bits per heavy atom. The van der Waals surface area contributed by atoms with Crippen LogP contribution in [-0.4, -0.2) is 64.9 Å². The molecule has 54 heavy (non-hydrogen) atoms. The van der Waals surface area contributed by atoms with Gasteiger partial charge in [0.2, 0.25) is 11.8 Å². The zero-order chi connectivity index (χ0) is 38.8. The molecule has 1 amide bonds. The van der Waals surface area contributed by atoms with Crippen LogP contribution >= 0.6 is 0 Å². The molecular weight excluding hydrogens is 699 g/mol. The molecule has 1 fully saturated rings. The number of benzene rings is 2. The third-order valence-electron chi connectivity index (χ3n) is 10.6. The number of rotatable bonds is 8. The first kappa shape index (κ1) is 39.1. The molecule has 0 saturated heterocycles. The van der Waals surface area contributed by atoms with Gasteiger partial charge in [-0.3, -0.25) is 4.79 Å². The van der Waals surface area contributed by atoms with Crippen LogP contribution in [0.3, 0.4) is 0 Å². The lowest BCUT2D eigenvalue weighted by molar-refractivity contribution is 0.0504. The molecule has 1 saturated carbocycles. The molecule has 1 N–H and O–H groups in total. The SMILES string of the molecule is Cc1cccc(CC2CCCCC2)c1-c1nc2nc(c1C)OC[C@@H](CC(C)(C)C)N(Cc1nccc(N(C)C(C)C)n1)C(=O)c1cccc(c1)S(=O)(=O)N2. The van der Waals surface area contributed by atoms with E-state index in [2.05, 4.69) is 74.4 Å². The maximum absolute atomic E-state index is 14.6. The van der Waals surface area contributed by atoms with Crippen molar-refractivity contribution >= 4 is 27.7 Å². The number of fused-ring (bicyclic) bond motifs is 4. The Balaban J connectivity index is 1.49. The van der Waals surface area contributed by atoms with E-state index in [1.54, 1.807) is 23.2 Å². The number of ether oxygens (including phenoxy) is 1. The Morgan fingerprint density at radius 2 is 1.74 bits per heavy atom. The van der Waals surface area contributed by atoms with E-state index in [0.29, 0.717) is 29.4 Å². The van der Waals surface area contributed by atoms with Crippen molar-refractivity contribution in [2.24, 2.45) is 11.3 Å². The van der Waals surface area contributed by atoms with Crippen molar-refractivity contribution in [3.63, 3.8) is 0 Å². The second-order valence-corrected chi connectivity index (χ2v) is 18.2. The number of anilines is 2. The van der Waals surface area contributed by atoms with Crippen LogP contribution in [0, 0.1) is 25.2 Å². The summed E-state index contributed by atoms with van der Waals surface area (Å²) in [6.07, 6.45) is 9.36. The van der Waals surface area contributed by atoms with E-state index in [9.17, 15) is 13.2 Å². The van der Waals surface area contributed by atoms with Gasteiger partial charge >= 0.3 is 0 Å². The van der Waals surface area contributed by atoms with E-state index in [-0.39, 0.29) is 52.8 Å². The summed E-state index contributed by atoms with van der Waals surface area (Å²) in [5, 5.41) is 0. The fourth-order valence-corrected chi connectivity index (χ4v) is 8.58. The Hall–Kier alpha value is -4.58. The number of nitrogens with zero attached hydrogens (tertiary/aromatic N) is 6. The number of carbonyl (C=O) groups excluding carboxylic acids is 1. The van der Waals surface area contributed by atoms with E-state index in [0.717, 1.165) is 23.4 Å². The number of carbonyl (C=O) groups is 1. The molecule has 2 aliphatic rings. The summed E-state index contributed by atoms with van der Waals surface area (Å²) in [6.45, 7) is 14.7. The zero-order valence-corrected chi connectivity index (χ0v) is 33.8. The summed E-state index contributed by atoms with van der Waals surface area (Å²) in [5.41, 5.74) is 4.55. The Kier molecular flexibility index (Phi) is 11.6. The van der Waals surface area contributed by atoms with Crippen molar-refractivity contribution in [1.29, 1.82) is 0 Å². The summed E-state index contributed by atoms with van der Waals surface area (Å²) in [7, 11) is -2.24. The topological polar surface area (TPSA) is 131 Å². The summed E-state index contributed by atoms with van der Waals surface area (Å²) in [6, 6.07) is 14.0. The van der Waals surface area contributed by atoms with Crippen LogP contribution in [0.1, 0.15) is 106 Å². The van der Waals surface area contributed by atoms with Gasteiger partial charge in [0, 0.05) is 36.0 Å². The first-order chi connectivity index (χ1) is 25.6. The van der Waals surface area contributed by atoms with Gasteiger partial charge in [-0.25, -0.2) is 28.1 Å². The van der Waals surface area contributed by atoms with Gasteiger partial charge in [0.05, 0.1) is 23.2 Å². The van der Waals surface area contributed by atoms with Crippen molar-refractivity contribution < 1.29 is 17.9 Å². The number of aryl methyl sites for hydroxylation is 1. The molecule has 288 valence electrons. The first-order valence-electron chi connectivity index (χ1n) is 19.2.